The van der Waals surface area contributed by atoms with Crippen molar-refractivity contribution in [3.63, 3.8) is 0 Å². The minimum atomic E-state index is 0.285. The molecule has 1 saturated carbocycles. The smallest absolute Gasteiger partial charge is 0.193 e. The highest BCUT2D eigenvalue weighted by molar-refractivity contribution is 9.11. The Labute approximate surface area is 142 Å². The number of methoxy groups -OCH3 is 1. The van der Waals surface area contributed by atoms with E-state index in [0.29, 0.717) is 18.5 Å². The fraction of sp³-hybridized carbons (Fsp3) is 0.312. The number of para-hydroxylation sites is 1. The third-order valence-electron chi connectivity index (χ3n) is 3.60. The Morgan fingerprint density at radius 2 is 2.23 bits per heavy atom. The van der Waals surface area contributed by atoms with E-state index in [-0.39, 0.29) is 6.04 Å². The maximum Gasteiger partial charge on any atom is 0.193 e. The number of hydrogen-bond acceptors (Lipinski definition) is 3. The fourth-order valence-corrected chi connectivity index (χ4v) is 4.03. The standard InChI is InChI=1S/C16H18BrN3OS/c1-21-9-10-4-2-3-5-12(10)19-16(18)20-13-8-11(13)14-6-7-15(17)22-14/h2-7,11,13H,8-9H2,1H3,(H3,18,19,20)/t11-,13-/m1/s1. The molecule has 0 saturated heterocycles. The van der Waals surface area contributed by atoms with Crippen LogP contribution in [0, 0.1) is 0 Å². The maximum absolute atomic E-state index is 6.05. The van der Waals surface area contributed by atoms with Crippen molar-refractivity contribution < 1.29 is 4.74 Å². The van der Waals surface area contributed by atoms with Gasteiger partial charge in [-0.2, -0.15) is 0 Å². The van der Waals surface area contributed by atoms with Crippen molar-refractivity contribution in [2.24, 2.45) is 10.7 Å². The van der Waals surface area contributed by atoms with E-state index in [2.05, 4.69) is 38.4 Å². The third-order valence-corrected chi connectivity index (χ3v) is 5.36. The molecule has 1 aromatic heterocycles. The highest BCUT2D eigenvalue weighted by atomic mass is 79.9. The van der Waals surface area contributed by atoms with Gasteiger partial charge in [-0.15, -0.1) is 11.3 Å². The molecule has 2 aromatic rings. The molecule has 4 nitrogen and oxygen atoms in total. The number of aliphatic imine (C=N–C) groups is 1. The summed E-state index contributed by atoms with van der Waals surface area (Å²) in [4.78, 5) is 5.95. The zero-order valence-electron chi connectivity index (χ0n) is 12.3. The summed E-state index contributed by atoms with van der Waals surface area (Å²) in [5, 5.41) is 3.19. The van der Waals surface area contributed by atoms with Crippen LogP contribution in [0.15, 0.2) is 45.2 Å². The summed E-state index contributed by atoms with van der Waals surface area (Å²) >= 11 is 5.27. The Balaban J connectivity index is 1.64. The zero-order chi connectivity index (χ0) is 15.5. The van der Waals surface area contributed by atoms with E-state index in [1.165, 1.54) is 4.88 Å². The quantitative estimate of drug-likeness (QED) is 0.610. The number of anilines is 1. The number of rotatable bonds is 5. The molecule has 0 unspecified atom stereocenters. The number of nitrogens with two attached hydrogens (primary N) is 1. The summed E-state index contributed by atoms with van der Waals surface area (Å²) < 4.78 is 6.36. The largest absolute Gasteiger partial charge is 0.380 e. The van der Waals surface area contributed by atoms with Crippen LogP contribution < -0.4 is 11.1 Å². The second kappa shape index (κ2) is 6.81. The lowest BCUT2D eigenvalue weighted by Crippen LogP contribution is -2.24. The van der Waals surface area contributed by atoms with Gasteiger partial charge >= 0.3 is 0 Å². The first-order chi connectivity index (χ1) is 10.7. The predicted molar refractivity (Wildman–Crippen MR) is 95.6 cm³/mol. The predicted octanol–water partition coefficient (Wildman–Crippen LogP) is 3.94. The molecule has 3 rings (SSSR count). The molecule has 0 spiro atoms. The van der Waals surface area contributed by atoms with Gasteiger partial charge < -0.3 is 15.8 Å². The maximum atomic E-state index is 6.05. The van der Waals surface area contributed by atoms with Crippen LogP contribution in [-0.2, 0) is 11.3 Å². The lowest BCUT2D eigenvalue weighted by molar-refractivity contribution is 0.185. The monoisotopic (exact) mass is 379 g/mol. The van der Waals surface area contributed by atoms with Gasteiger partial charge in [0.2, 0.25) is 0 Å². The molecule has 1 heterocycles. The summed E-state index contributed by atoms with van der Waals surface area (Å²) in [5.74, 6) is 0.970. The fourth-order valence-electron chi connectivity index (χ4n) is 2.43. The number of nitrogens with zero attached hydrogens (tertiary/aromatic N) is 1. The van der Waals surface area contributed by atoms with E-state index in [9.17, 15) is 0 Å². The number of halogens is 1. The molecule has 1 aliphatic carbocycles. The van der Waals surface area contributed by atoms with Crippen molar-refractivity contribution in [2.75, 3.05) is 12.4 Å². The second-order valence-electron chi connectivity index (χ2n) is 5.28. The number of ether oxygens (including phenoxy) is 1. The SMILES string of the molecule is COCc1ccccc1NC(N)=N[C@@H]1C[C@H]1c1ccc(Br)s1. The van der Waals surface area contributed by atoms with E-state index < -0.39 is 0 Å². The van der Waals surface area contributed by atoms with Crippen molar-refractivity contribution in [3.05, 3.63) is 50.6 Å². The summed E-state index contributed by atoms with van der Waals surface area (Å²) in [6, 6.07) is 12.5. The first kappa shape index (κ1) is 15.5. The van der Waals surface area contributed by atoms with E-state index in [1.54, 1.807) is 18.4 Å². The Morgan fingerprint density at radius 3 is 2.95 bits per heavy atom. The van der Waals surface area contributed by atoms with Gasteiger partial charge in [-0.1, -0.05) is 18.2 Å². The molecule has 22 heavy (non-hydrogen) atoms. The number of benzene rings is 1. The van der Waals surface area contributed by atoms with Crippen LogP contribution in [0.5, 0.6) is 0 Å². The molecule has 6 heteroatoms. The Morgan fingerprint density at radius 1 is 1.41 bits per heavy atom. The molecule has 1 fully saturated rings. The van der Waals surface area contributed by atoms with Gasteiger partial charge in [-0.05, 0) is 40.5 Å². The van der Waals surface area contributed by atoms with E-state index in [0.717, 1.165) is 21.5 Å². The Kier molecular flexibility index (Phi) is 4.81. The van der Waals surface area contributed by atoms with Crippen LogP contribution >= 0.6 is 27.3 Å². The number of thiophene rings is 1. The van der Waals surface area contributed by atoms with E-state index >= 15 is 0 Å². The minimum absolute atomic E-state index is 0.285. The molecule has 0 aliphatic heterocycles. The van der Waals surface area contributed by atoms with E-state index in [4.69, 9.17) is 10.5 Å². The highest BCUT2D eigenvalue weighted by Gasteiger charge is 2.39. The van der Waals surface area contributed by atoms with Crippen LogP contribution in [-0.4, -0.2) is 19.1 Å². The molecular formula is C16H18BrN3OS. The topological polar surface area (TPSA) is 59.6 Å². The molecule has 2 atom stereocenters. The van der Waals surface area contributed by atoms with Gasteiger partial charge in [0.05, 0.1) is 16.4 Å². The van der Waals surface area contributed by atoms with Gasteiger partial charge in [-0.25, -0.2) is 4.99 Å². The van der Waals surface area contributed by atoms with Crippen LogP contribution in [0.25, 0.3) is 0 Å². The van der Waals surface area contributed by atoms with Crippen LogP contribution in [0.4, 0.5) is 5.69 Å². The molecule has 0 bridgehead atoms. The number of nitrogens with one attached hydrogen (secondary N) is 1. The summed E-state index contributed by atoms with van der Waals surface area (Å²) in [6.45, 7) is 0.547. The molecule has 1 aromatic carbocycles. The summed E-state index contributed by atoms with van der Waals surface area (Å²) in [7, 11) is 1.68. The minimum Gasteiger partial charge on any atom is -0.380 e. The molecule has 0 radical (unpaired) electrons. The molecule has 1 aliphatic rings. The van der Waals surface area contributed by atoms with Gasteiger partial charge in [0, 0.05) is 29.2 Å². The molecule has 0 amide bonds. The number of guanidine groups is 1. The first-order valence-electron chi connectivity index (χ1n) is 7.09. The first-order valence-corrected chi connectivity index (χ1v) is 8.70. The van der Waals surface area contributed by atoms with Gasteiger partial charge in [-0.3, -0.25) is 0 Å². The number of hydrogen-bond donors (Lipinski definition) is 2. The van der Waals surface area contributed by atoms with Gasteiger partial charge in [0.15, 0.2) is 5.96 Å². The van der Waals surface area contributed by atoms with Crippen molar-refractivity contribution >= 4 is 38.9 Å². The lowest BCUT2D eigenvalue weighted by atomic mass is 10.2. The Bertz CT molecular complexity index is 686. The average molecular weight is 380 g/mol. The van der Waals surface area contributed by atoms with Gasteiger partial charge in [0.1, 0.15) is 0 Å². The zero-order valence-corrected chi connectivity index (χ0v) is 14.7. The van der Waals surface area contributed by atoms with Crippen LogP contribution in [0.2, 0.25) is 0 Å². The lowest BCUT2D eigenvalue weighted by Gasteiger charge is -2.10. The molecular weight excluding hydrogens is 362 g/mol. The van der Waals surface area contributed by atoms with E-state index in [1.807, 2.05) is 24.3 Å². The van der Waals surface area contributed by atoms with Crippen molar-refractivity contribution in [1.29, 1.82) is 0 Å². The molecule has 116 valence electrons. The highest BCUT2D eigenvalue weighted by Crippen LogP contribution is 2.46. The second-order valence-corrected chi connectivity index (χ2v) is 7.78. The van der Waals surface area contributed by atoms with Crippen LogP contribution in [0.3, 0.4) is 0 Å². The normalized spacial score (nSPS) is 20.9. The summed E-state index contributed by atoms with van der Waals surface area (Å²) in [5.41, 5.74) is 8.06. The van der Waals surface area contributed by atoms with Gasteiger partial charge in [0.25, 0.3) is 0 Å². The Hall–Kier alpha value is -1.37. The van der Waals surface area contributed by atoms with Crippen molar-refractivity contribution in [3.8, 4) is 0 Å². The molecule has 3 N–H and O–H groups in total. The summed E-state index contributed by atoms with van der Waals surface area (Å²) in [6.07, 6.45) is 1.06. The van der Waals surface area contributed by atoms with Crippen LogP contribution in [0.1, 0.15) is 22.8 Å². The third kappa shape index (κ3) is 3.69. The van der Waals surface area contributed by atoms with Crippen molar-refractivity contribution in [1.82, 2.24) is 0 Å². The van der Waals surface area contributed by atoms with Crippen molar-refractivity contribution in [2.45, 2.75) is 25.0 Å². The average Bonchev–Trinajstić information content (AvgIpc) is 3.11.